The molecule has 1 aliphatic rings. The van der Waals surface area contributed by atoms with Gasteiger partial charge >= 0.3 is 0 Å². The van der Waals surface area contributed by atoms with Crippen LogP contribution in [0.2, 0.25) is 0 Å². The number of carbonyl (C=O) groups is 1. The Hall–Kier alpha value is -2.37. The van der Waals surface area contributed by atoms with Crippen molar-refractivity contribution < 1.29 is 14.3 Å². The van der Waals surface area contributed by atoms with Crippen LogP contribution in [0.15, 0.2) is 48.5 Å². The number of nitrogens with zero attached hydrogens (tertiary/aromatic N) is 1. The number of likely N-dealkylation sites (N-methyl/N-ethyl adjacent to an activating group) is 1. The Labute approximate surface area is 174 Å². The van der Waals surface area contributed by atoms with Crippen LogP contribution in [0.1, 0.15) is 18.4 Å². The molecule has 1 N–H and O–H groups in total. The molecule has 0 unspecified atom stereocenters. The Morgan fingerprint density at radius 3 is 2.48 bits per heavy atom. The average Bonchev–Trinajstić information content (AvgIpc) is 2.74. The van der Waals surface area contributed by atoms with Crippen molar-refractivity contribution in [3.8, 4) is 16.9 Å². The molecule has 5 nitrogen and oxygen atoms in total. The van der Waals surface area contributed by atoms with Crippen LogP contribution in [0.25, 0.3) is 11.1 Å². The maximum atomic E-state index is 13.1. The summed E-state index contributed by atoms with van der Waals surface area (Å²) in [5.74, 6) is 0.989. The fourth-order valence-corrected chi connectivity index (χ4v) is 3.88. The smallest absolute Gasteiger partial charge is 0.226 e. The van der Waals surface area contributed by atoms with Crippen LogP contribution in [0, 0.1) is 5.41 Å². The molecule has 0 radical (unpaired) electrons. The molecule has 1 amide bonds. The van der Waals surface area contributed by atoms with Gasteiger partial charge in [-0.1, -0.05) is 36.4 Å². The fourth-order valence-electron chi connectivity index (χ4n) is 3.88. The highest BCUT2D eigenvalue weighted by atomic mass is 16.5. The number of nitrogens with one attached hydrogen (secondary N) is 1. The molecule has 0 saturated carbocycles. The predicted molar refractivity (Wildman–Crippen MR) is 116 cm³/mol. The van der Waals surface area contributed by atoms with E-state index in [2.05, 4.69) is 40.5 Å². The lowest BCUT2D eigenvalue weighted by Gasteiger charge is -2.36. The van der Waals surface area contributed by atoms with Crippen LogP contribution in [0.3, 0.4) is 0 Å². The summed E-state index contributed by atoms with van der Waals surface area (Å²) in [6.45, 7) is 2.77. The van der Waals surface area contributed by atoms with Crippen LogP contribution in [-0.4, -0.2) is 58.3 Å². The summed E-state index contributed by atoms with van der Waals surface area (Å²) in [6, 6.07) is 16.6. The molecule has 0 aliphatic carbocycles. The summed E-state index contributed by atoms with van der Waals surface area (Å²) >= 11 is 0. The van der Waals surface area contributed by atoms with Gasteiger partial charge < -0.3 is 19.7 Å². The van der Waals surface area contributed by atoms with Crippen LogP contribution in [0.4, 0.5) is 0 Å². The Kier molecular flexibility index (Phi) is 7.29. The Morgan fingerprint density at radius 2 is 1.79 bits per heavy atom. The maximum absolute atomic E-state index is 13.1. The maximum Gasteiger partial charge on any atom is 0.226 e. The minimum absolute atomic E-state index is 0.148. The zero-order valence-electron chi connectivity index (χ0n) is 17.7. The van der Waals surface area contributed by atoms with Crippen molar-refractivity contribution >= 4 is 5.91 Å². The van der Waals surface area contributed by atoms with Crippen molar-refractivity contribution in [1.82, 2.24) is 10.2 Å². The molecule has 2 aromatic rings. The fraction of sp³-hybridized carbons (Fsp3) is 0.458. The molecule has 1 aliphatic heterocycles. The van der Waals surface area contributed by atoms with Gasteiger partial charge in [0.1, 0.15) is 5.75 Å². The average molecular weight is 397 g/mol. The topological polar surface area (TPSA) is 50.8 Å². The summed E-state index contributed by atoms with van der Waals surface area (Å²) in [7, 11) is 5.71. The van der Waals surface area contributed by atoms with Gasteiger partial charge in [0, 0.05) is 26.3 Å². The number of methoxy groups -OCH3 is 1. The van der Waals surface area contributed by atoms with E-state index in [1.807, 2.05) is 32.3 Å². The van der Waals surface area contributed by atoms with Crippen molar-refractivity contribution in [2.24, 2.45) is 5.41 Å². The SMILES string of the molecule is COc1cccc(-c2cccc(CC3(C(=O)NCCN(C)C)CCOCC3)c2)c1. The second-order valence-corrected chi connectivity index (χ2v) is 8.06. The molecular formula is C24H32N2O3. The molecular weight excluding hydrogens is 364 g/mol. The van der Waals surface area contributed by atoms with Gasteiger partial charge in [0.25, 0.3) is 0 Å². The van der Waals surface area contributed by atoms with Gasteiger partial charge in [0.05, 0.1) is 12.5 Å². The molecule has 5 heteroatoms. The lowest BCUT2D eigenvalue weighted by atomic mass is 9.74. The first-order valence-corrected chi connectivity index (χ1v) is 10.3. The molecule has 3 rings (SSSR count). The van der Waals surface area contributed by atoms with Crippen LogP contribution in [-0.2, 0) is 16.0 Å². The van der Waals surface area contributed by atoms with Gasteiger partial charge in [-0.05, 0) is 62.2 Å². The highest BCUT2D eigenvalue weighted by Crippen LogP contribution is 2.36. The van der Waals surface area contributed by atoms with E-state index in [0.717, 1.165) is 42.7 Å². The first-order chi connectivity index (χ1) is 14.0. The van der Waals surface area contributed by atoms with E-state index in [9.17, 15) is 4.79 Å². The van der Waals surface area contributed by atoms with Gasteiger partial charge in [0.2, 0.25) is 5.91 Å². The summed E-state index contributed by atoms with van der Waals surface area (Å²) < 4.78 is 10.9. The van der Waals surface area contributed by atoms with Gasteiger partial charge in [-0.2, -0.15) is 0 Å². The number of ether oxygens (including phenoxy) is 2. The number of hydrogen-bond acceptors (Lipinski definition) is 4. The number of rotatable bonds is 8. The molecule has 1 fully saturated rings. The minimum Gasteiger partial charge on any atom is -0.497 e. The number of hydrogen-bond donors (Lipinski definition) is 1. The highest BCUT2D eigenvalue weighted by Gasteiger charge is 2.39. The minimum atomic E-state index is -0.405. The van der Waals surface area contributed by atoms with Crippen molar-refractivity contribution in [2.75, 3.05) is 47.5 Å². The Bertz CT molecular complexity index is 813. The highest BCUT2D eigenvalue weighted by molar-refractivity contribution is 5.83. The van der Waals surface area contributed by atoms with Crippen molar-refractivity contribution in [3.63, 3.8) is 0 Å². The largest absolute Gasteiger partial charge is 0.497 e. The summed E-state index contributed by atoms with van der Waals surface area (Å²) in [5, 5.41) is 3.15. The van der Waals surface area contributed by atoms with Crippen LogP contribution < -0.4 is 10.1 Å². The molecule has 0 spiro atoms. The zero-order valence-corrected chi connectivity index (χ0v) is 17.7. The van der Waals surface area contributed by atoms with E-state index < -0.39 is 5.41 Å². The van der Waals surface area contributed by atoms with Gasteiger partial charge in [-0.15, -0.1) is 0 Å². The number of amides is 1. The van der Waals surface area contributed by atoms with E-state index >= 15 is 0 Å². The molecule has 1 heterocycles. The summed E-state index contributed by atoms with van der Waals surface area (Å²) in [6.07, 6.45) is 2.23. The molecule has 29 heavy (non-hydrogen) atoms. The Balaban J connectivity index is 1.80. The quantitative estimate of drug-likeness (QED) is 0.743. The zero-order chi connectivity index (χ0) is 20.7. The molecule has 2 aromatic carbocycles. The lowest BCUT2D eigenvalue weighted by molar-refractivity contribution is -0.136. The van der Waals surface area contributed by atoms with E-state index in [1.54, 1.807) is 7.11 Å². The third kappa shape index (κ3) is 5.58. The number of carbonyl (C=O) groups excluding carboxylic acids is 1. The first kappa shape index (κ1) is 21.3. The van der Waals surface area contributed by atoms with Crippen LogP contribution >= 0.6 is 0 Å². The third-order valence-electron chi connectivity index (χ3n) is 5.65. The van der Waals surface area contributed by atoms with E-state index in [-0.39, 0.29) is 5.91 Å². The monoisotopic (exact) mass is 396 g/mol. The van der Waals surface area contributed by atoms with Gasteiger partial charge in [0.15, 0.2) is 0 Å². The van der Waals surface area contributed by atoms with Gasteiger partial charge in [-0.3, -0.25) is 4.79 Å². The van der Waals surface area contributed by atoms with Gasteiger partial charge in [-0.25, -0.2) is 0 Å². The standard InChI is InChI=1S/C24H32N2O3/c1-26(2)13-12-25-23(27)24(10-14-29-15-11-24)18-19-6-4-7-20(16-19)21-8-5-9-22(17-21)28-3/h4-9,16-17H,10-15,18H2,1-3H3,(H,25,27). The summed E-state index contributed by atoms with van der Waals surface area (Å²) in [5.41, 5.74) is 3.02. The van der Waals surface area contributed by atoms with Crippen molar-refractivity contribution in [2.45, 2.75) is 19.3 Å². The number of benzene rings is 2. The molecule has 156 valence electrons. The van der Waals surface area contributed by atoms with Crippen molar-refractivity contribution in [3.05, 3.63) is 54.1 Å². The summed E-state index contributed by atoms with van der Waals surface area (Å²) in [4.78, 5) is 15.2. The molecule has 1 saturated heterocycles. The lowest BCUT2D eigenvalue weighted by Crippen LogP contribution is -2.47. The third-order valence-corrected chi connectivity index (χ3v) is 5.65. The second-order valence-electron chi connectivity index (χ2n) is 8.06. The van der Waals surface area contributed by atoms with Crippen molar-refractivity contribution in [1.29, 1.82) is 0 Å². The predicted octanol–water partition coefficient (Wildman–Crippen LogP) is 3.38. The molecule has 0 aromatic heterocycles. The molecule has 0 atom stereocenters. The molecule has 0 bridgehead atoms. The first-order valence-electron chi connectivity index (χ1n) is 10.3. The normalized spacial score (nSPS) is 15.9. The van der Waals surface area contributed by atoms with Crippen LogP contribution in [0.5, 0.6) is 5.75 Å². The van der Waals surface area contributed by atoms with E-state index in [0.29, 0.717) is 19.8 Å². The van der Waals surface area contributed by atoms with E-state index in [4.69, 9.17) is 9.47 Å². The van der Waals surface area contributed by atoms with E-state index in [1.165, 1.54) is 5.56 Å². The Morgan fingerprint density at radius 1 is 1.10 bits per heavy atom. The second kappa shape index (κ2) is 9.90.